The summed E-state index contributed by atoms with van der Waals surface area (Å²) in [5, 5.41) is 0. The molecular formula is C23H27F2N3O. The van der Waals surface area contributed by atoms with Crippen molar-refractivity contribution < 1.29 is 13.6 Å². The number of hydrogen-bond acceptors (Lipinski definition) is 3. The van der Waals surface area contributed by atoms with Crippen molar-refractivity contribution in [1.29, 1.82) is 0 Å². The average molecular weight is 399 g/mol. The molecule has 1 amide bonds. The molecule has 154 valence electrons. The van der Waals surface area contributed by atoms with Gasteiger partial charge in [-0.15, -0.1) is 0 Å². The van der Waals surface area contributed by atoms with Crippen LogP contribution in [0.4, 0.5) is 8.78 Å². The van der Waals surface area contributed by atoms with Gasteiger partial charge in [0.1, 0.15) is 11.6 Å². The number of halogens is 2. The van der Waals surface area contributed by atoms with Crippen molar-refractivity contribution in [3.8, 4) is 0 Å². The standard InChI is InChI=1S/C23H27F2N3O/c1-26-9-11-27(12-10-26)22-7-8-28(16-21(22)17-5-3-2-4-6-17)23(29)18-13-19(24)15-20(25)14-18/h2-6,13-15,21-22H,7-12,16H2,1H3/t21-,22-/m1/s1. The summed E-state index contributed by atoms with van der Waals surface area (Å²) in [4.78, 5) is 19.6. The van der Waals surface area contributed by atoms with E-state index in [1.54, 1.807) is 4.90 Å². The van der Waals surface area contributed by atoms with Crippen LogP contribution >= 0.6 is 0 Å². The molecule has 2 aromatic rings. The molecule has 2 saturated heterocycles. The first kappa shape index (κ1) is 20.0. The Labute approximate surface area is 170 Å². The van der Waals surface area contributed by atoms with Crippen LogP contribution in [0.15, 0.2) is 48.5 Å². The lowest BCUT2D eigenvalue weighted by atomic mass is 9.84. The molecule has 2 aliphatic heterocycles. The highest BCUT2D eigenvalue weighted by Crippen LogP contribution is 2.32. The summed E-state index contributed by atoms with van der Waals surface area (Å²) in [6.45, 7) is 5.28. The first-order chi connectivity index (χ1) is 14.0. The van der Waals surface area contributed by atoms with Gasteiger partial charge in [0, 0.05) is 62.9 Å². The molecule has 0 radical (unpaired) electrons. The van der Waals surface area contributed by atoms with Crippen molar-refractivity contribution in [3.05, 3.63) is 71.3 Å². The first-order valence-corrected chi connectivity index (χ1v) is 10.2. The van der Waals surface area contributed by atoms with Crippen molar-refractivity contribution in [2.45, 2.75) is 18.4 Å². The van der Waals surface area contributed by atoms with Gasteiger partial charge in [-0.1, -0.05) is 30.3 Å². The number of piperazine rings is 1. The van der Waals surface area contributed by atoms with Crippen molar-refractivity contribution in [3.63, 3.8) is 0 Å². The van der Waals surface area contributed by atoms with Crippen LogP contribution in [-0.2, 0) is 0 Å². The van der Waals surface area contributed by atoms with Gasteiger partial charge in [0.05, 0.1) is 0 Å². The van der Waals surface area contributed by atoms with Crippen LogP contribution in [-0.4, -0.2) is 73.0 Å². The third kappa shape index (κ3) is 4.49. The third-order valence-corrected chi connectivity index (χ3v) is 6.21. The molecule has 0 aromatic heterocycles. The minimum atomic E-state index is -0.722. The van der Waals surface area contributed by atoms with E-state index in [0.717, 1.165) is 50.8 Å². The number of amides is 1. The minimum absolute atomic E-state index is 0.0763. The van der Waals surface area contributed by atoms with E-state index in [1.807, 2.05) is 18.2 Å². The lowest BCUT2D eigenvalue weighted by Gasteiger charge is -2.46. The van der Waals surface area contributed by atoms with Crippen molar-refractivity contribution in [2.24, 2.45) is 0 Å². The van der Waals surface area contributed by atoms with Crippen LogP contribution in [0.25, 0.3) is 0 Å². The largest absolute Gasteiger partial charge is 0.338 e. The van der Waals surface area contributed by atoms with E-state index in [1.165, 1.54) is 5.56 Å². The highest BCUT2D eigenvalue weighted by atomic mass is 19.1. The second-order valence-corrected chi connectivity index (χ2v) is 8.12. The normalized spacial score (nSPS) is 23.9. The highest BCUT2D eigenvalue weighted by molar-refractivity contribution is 5.94. The molecule has 29 heavy (non-hydrogen) atoms. The zero-order valence-electron chi connectivity index (χ0n) is 16.7. The second-order valence-electron chi connectivity index (χ2n) is 8.12. The zero-order valence-corrected chi connectivity index (χ0v) is 16.7. The Kier molecular flexibility index (Phi) is 5.92. The molecular weight excluding hydrogens is 372 g/mol. The van der Waals surface area contributed by atoms with Crippen LogP contribution in [0.3, 0.4) is 0 Å². The fourth-order valence-electron chi connectivity index (χ4n) is 4.60. The molecule has 0 unspecified atom stereocenters. The molecule has 0 bridgehead atoms. The Morgan fingerprint density at radius 3 is 2.24 bits per heavy atom. The fraction of sp³-hybridized carbons (Fsp3) is 0.435. The van der Waals surface area contributed by atoms with E-state index < -0.39 is 11.6 Å². The van der Waals surface area contributed by atoms with E-state index in [9.17, 15) is 13.6 Å². The third-order valence-electron chi connectivity index (χ3n) is 6.21. The molecule has 2 aromatic carbocycles. The van der Waals surface area contributed by atoms with Crippen molar-refractivity contribution in [2.75, 3.05) is 46.3 Å². The van der Waals surface area contributed by atoms with Gasteiger partial charge in [0.2, 0.25) is 0 Å². The summed E-state index contributed by atoms with van der Waals surface area (Å²) in [6, 6.07) is 13.7. The molecule has 0 N–H and O–H groups in total. The van der Waals surface area contributed by atoms with Crippen molar-refractivity contribution >= 4 is 5.91 Å². The number of nitrogens with zero attached hydrogens (tertiary/aromatic N) is 3. The van der Waals surface area contributed by atoms with Gasteiger partial charge >= 0.3 is 0 Å². The predicted octanol–water partition coefficient (Wildman–Crippen LogP) is 3.21. The number of carbonyl (C=O) groups is 1. The average Bonchev–Trinajstić information content (AvgIpc) is 2.73. The van der Waals surface area contributed by atoms with Crippen LogP contribution in [0.5, 0.6) is 0 Å². The van der Waals surface area contributed by atoms with Crippen LogP contribution in [0, 0.1) is 11.6 Å². The van der Waals surface area contributed by atoms with Crippen LogP contribution < -0.4 is 0 Å². The SMILES string of the molecule is CN1CCN([C@@H]2CCN(C(=O)c3cc(F)cc(F)c3)C[C@@H]2c2ccccc2)CC1. The number of likely N-dealkylation sites (tertiary alicyclic amines) is 1. The molecule has 0 saturated carbocycles. The Morgan fingerprint density at radius 1 is 0.931 bits per heavy atom. The lowest BCUT2D eigenvalue weighted by molar-refractivity contribution is 0.0427. The maximum Gasteiger partial charge on any atom is 0.254 e. The summed E-state index contributed by atoms with van der Waals surface area (Å²) in [7, 11) is 2.14. The number of likely N-dealkylation sites (N-methyl/N-ethyl adjacent to an activating group) is 1. The summed E-state index contributed by atoms with van der Waals surface area (Å²) >= 11 is 0. The quantitative estimate of drug-likeness (QED) is 0.793. The molecule has 2 heterocycles. The number of benzene rings is 2. The van der Waals surface area contributed by atoms with Gasteiger partial charge in [-0.2, -0.15) is 0 Å². The molecule has 2 fully saturated rings. The molecule has 4 nitrogen and oxygen atoms in total. The highest BCUT2D eigenvalue weighted by Gasteiger charge is 2.37. The fourth-order valence-corrected chi connectivity index (χ4v) is 4.60. The number of rotatable bonds is 3. The summed E-state index contributed by atoms with van der Waals surface area (Å²) in [5.74, 6) is -1.57. The van der Waals surface area contributed by atoms with E-state index in [-0.39, 0.29) is 17.4 Å². The zero-order chi connectivity index (χ0) is 20.4. The van der Waals surface area contributed by atoms with Crippen molar-refractivity contribution in [1.82, 2.24) is 14.7 Å². The van der Waals surface area contributed by atoms with Gasteiger partial charge in [-0.3, -0.25) is 9.69 Å². The summed E-state index contributed by atoms with van der Waals surface area (Å²) < 4.78 is 27.2. The summed E-state index contributed by atoms with van der Waals surface area (Å²) in [5.41, 5.74) is 1.28. The minimum Gasteiger partial charge on any atom is -0.338 e. The Bertz CT molecular complexity index is 832. The van der Waals surface area contributed by atoms with Gasteiger partial charge in [-0.25, -0.2) is 8.78 Å². The molecule has 6 heteroatoms. The van der Waals surface area contributed by atoms with Gasteiger partial charge in [0.15, 0.2) is 0 Å². The smallest absolute Gasteiger partial charge is 0.254 e. The Morgan fingerprint density at radius 2 is 1.59 bits per heavy atom. The lowest BCUT2D eigenvalue weighted by Crippen LogP contribution is -2.56. The van der Waals surface area contributed by atoms with E-state index in [0.29, 0.717) is 19.1 Å². The van der Waals surface area contributed by atoms with Gasteiger partial charge in [0.25, 0.3) is 5.91 Å². The molecule has 0 spiro atoms. The van der Waals surface area contributed by atoms with Crippen LogP contribution in [0.2, 0.25) is 0 Å². The number of carbonyl (C=O) groups excluding carboxylic acids is 1. The Balaban J connectivity index is 1.57. The topological polar surface area (TPSA) is 26.8 Å². The van der Waals surface area contributed by atoms with E-state index in [4.69, 9.17) is 0 Å². The van der Waals surface area contributed by atoms with Gasteiger partial charge < -0.3 is 9.80 Å². The van der Waals surface area contributed by atoms with E-state index >= 15 is 0 Å². The molecule has 2 atom stereocenters. The molecule has 0 aliphatic carbocycles. The maximum atomic E-state index is 13.6. The number of hydrogen-bond donors (Lipinski definition) is 0. The van der Waals surface area contributed by atoms with E-state index in [2.05, 4.69) is 29.0 Å². The summed E-state index contributed by atoms with van der Waals surface area (Å²) in [6.07, 6.45) is 0.854. The number of piperidine rings is 1. The maximum absolute atomic E-state index is 13.6. The Hall–Kier alpha value is -2.31. The second kappa shape index (κ2) is 8.59. The van der Waals surface area contributed by atoms with Crippen LogP contribution in [0.1, 0.15) is 28.3 Å². The first-order valence-electron chi connectivity index (χ1n) is 10.2. The van der Waals surface area contributed by atoms with Gasteiger partial charge in [-0.05, 0) is 31.2 Å². The predicted molar refractivity (Wildman–Crippen MR) is 109 cm³/mol. The molecule has 2 aliphatic rings. The monoisotopic (exact) mass is 399 g/mol. The molecule has 4 rings (SSSR count).